The second-order valence-electron chi connectivity index (χ2n) is 4.97. The monoisotopic (exact) mass is 438 g/mol. The summed E-state index contributed by atoms with van der Waals surface area (Å²) >= 11 is 3.32. The number of carbonyl (C=O) groups is 1. The van der Waals surface area contributed by atoms with E-state index < -0.39 is 17.5 Å². The SMILES string of the molecule is CCOc1cc(/C=N/Nc2ccc([N+](=O)[O-])cn2)cc(Br)c1OCC(=O)O. The summed E-state index contributed by atoms with van der Waals surface area (Å²) in [7, 11) is 0. The van der Waals surface area contributed by atoms with Crippen LogP contribution in [-0.4, -0.2) is 40.4 Å². The van der Waals surface area contributed by atoms with Crippen molar-refractivity contribution < 1.29 is 24.3 Å². The summed E-state index contributed by atoms with van der Waals surface area (Å²) in [5.74, 6) is -0.124. The number of nitrogens with one attached hydrogen (secondary N) is 1. The van der Waals surface area contributed by atoms with Crippen LogP contribution >= 0.6 is 15.9 Å². The Hall–Kier alpha value is -3.21. The molecule has 0 atom stereocenters. The average Bonchev–Trinajstić information content (AvgIpc) is 2.61. The van der Waals surface area contributed by atoms with Gasteiger partial charge in [-0.2, -0.15) is 5.10 Å². The molecule has 0 spiro atoms. The average molecular weight is 439 g/mol. The van der Waals surface area contributed by atoms with E-state index in [1.54, 1.807) is 19.1 Å². The van der Waals surface area contributed by atoms with Crippen LogP contribution in [0.15, 0.2) is 40.0 Å². The second-order valence-corrected chi connectivity index (χ2v) is 5.83. The van der Waals surface area contributed by atoms with Crippen LogP contribution in [0.3, 0.4) is 0 Å². The normalized spacial score (nSPS) is 10.6. The number of rotatable bonds is 9. The number of aliphatic carboxylic acids is 1. The Morgan fingerprint density at radius 2 is 2.22 bits per heavy atom. The van der Waals surface area contributed by atoms with E-state index >= 15 is 0 Å². The highest BCUT2D eigenvalue weighted by Gasteiger charge is 2.13. The van der Waals surface area contributed by atoms with Gasteiger partial charge in [0, 0.05) is 6.07 Å². The first-order valence-electron chi connectivity index (χ1n) is 7.61. The molecule has 0 aliphatic carbocycles. The molecule has 0 aliphatic rings. The summed E-state index contributed by atoms with van der Waals surface area (Å²) in [4.78, 5) is 24.6. The summed E-state index contributed by atoms with van der Waals surface area (Å²) in [6.45, 7) is 1.65. The van der Waals surface area contributed by atoms with E-state index in [-0.39, 0.29) is 11.4 Å². The molecule has 0 unspecified atom stereocenters. The van der Waals surface area contributed by atoms with E-state index in [4.69, 9.17) is 14.6 Å². The Morgan fingerprint density at radius 1 is 1.44 bits per heavy atom. The fourth-order valence-corrected chi connectivity index (χ4v) is 2.51. The molecule has 11 heteroatoms. The molecule has 0 saturated carbocycles. The maximum absolute atomic E-state index is 10.7. The molecule has 0 bridgehead atoms. The smallest absolute Gasteiger partial charge is 0.341 e. The molecule has 10 nitrogen and oxygen atoms in total. The fourth-order valence-electron chi connectivity index (χ4n) is 1.93. The zero-order valence-electron chi connectivity index (χ0n) is 14.1. The number of benzene rings is 1. The van der Waals surface area contributed by atoms with Crippen molar-refractivity contribution in [1.82, 2.24) is 4.98 Å². The first-order valence-corrected chi connectivity index (χ1v) is 8.40. The maximum atomic E-state index is 10.7. The first-order chi connectivity index (χ1) is 12.9. The third-order valence-electron chi connectivity index (χ3n) is 3.02. The molecule has 1 aromatic carbocycles. The lowest BCUT2D eigenvalue weighted by atomic mass is 10.2. The van der Waals surface area contributed by atoms with Crippen molar-refractivity contribution in [2.75, 3.05) is 18.6 Å². The van der Waals surface area contributed by atoms with Crippen molar-refractivity contribution >= 4 is 39.6 Å². The number of carboxylic acids is 1. The van der Waals surface area contributed by atoms with E-state index in [2.05, 4.69) is 31.4 Å². The van der Waals surface area contributed by atoms with Crippen molar-refractivity contribution in [2.45, 2.75) is 6.92 Å². The van der Waals surface area contributed by atoms with Gasteiger partial charge in [0.05, 0.1) is 22.2 Å². The predicted molar refractivity (Wildman–Crippen MR) is 101 cm³/mol. The van der Waals surface area contributed by atoms with Crippen LogP contribution in [0.4, 0.5) is 11.5 Å². The summed E-state index contributed by atoms with van der Waals surface area (Å²) in [6, 6.07) is 6.05. The minimum Gasteiger partial charge on any atom is -0.490 e. The highest BCUT2D eigenvalue weighted by Crippen LogP contribution is 2.36. The van der Waals surface area contributed by atoms with Crippen LogP contribution < -0.4 is 14.9 Å². The predicted octanol–water partition coefficient (Wildman–Crippen LogP) is 3.06. The third-order valence-corrected chi connectivity index (χ3v) is 3.61. The minimum atomic E-state index is -1.10. The topological polar surface area (TPSA) is 136 Å². The minimum absolute atomic E-state index is 0.119. The van der Waals surface area contributed by atoms with E-state index in [0.717, 1.165) is 6.20 Å². The van der Waals surface area contributed by atoms with Crippen LogP contribution in [0.1, 0.15) is 12.5 Å². The second kappa shape index (κ2) is 9.48. The number of hydrogen-bond acceptors (Lipinski definition) is 8. The largest absolute Gasteiger partial charge is 0.490 e. The molecule has 2 rings (SSSR count). The molecule has 27 heavy (non-hydrogen) atoms. The number of aromatic nitrogens is 1. The summed E-state index contributed by atoms with van der Waals surface area (Å²) < 4.78 is 11.2. The number of nitro groups is 1. The fraction of sp³-hybridized carbons (Fsp3) is 0.188. The molecular formula is C16H15BrN4O6. The molecule has 0 aliphatic heterocycles. The standard InChI is InChI=1S/C16H15BrN4O6/c1-2-26-13-6-10(5-12(17)16(13)27-9-15(22)23)7-19-20-14-4-3-11(8-18-14)21(24)25/h3-8H,2,9H2,1H3,(H,18,20)(H,22,23)/b19-7+. The van der Waals surface area contributed by atoms with Crippen LogP contribution in [0.2, 0.25) is 0 Å². The number of hydrazone groups is 1. The van der Waals surface area contributed by atoms with Crippen molar-refractivity contribution in [1.29, 1.82) is 0 Å². The van der Waals surface area contributed by atoms with E-state index in [1.165, 1.54) is 18.3 Å². The van der Waals surface area contributed by atoms with Crippen molar-refractivity contribution in [3.63, 3.8) is 0 Å². The van der Waals surface area contributed by atoms with Crippen LogP contribution in [-0.2, 0) is 4.79 Å². The lowest BCUT2D eigenvalue weighted by Crippen LogP contribution is -2.11. The van der Waals surface area contributed by atoms with Crippen LogP contribution in [0.5, 0.6) is 11.5 Å². The van der Waals surface area contributed by atoms with Crippen molar-refractivity contribution in [3.8, 4) is 11.5 Å². The van der Waals surface area contributed by atoms with Gasteiger partial charge in [-0.05, 0) is 46.6 Å². The molecule has 1 heterocycles. The molecular weight excluding hydrogens is 424 g/mol. The quantitative estimate of drug-likeness (QED) is 0.346. The zero-order chi connectivity index (χ0) is 19.8. The van der Waals surface area contributed by atoms with Gasteiger partial charge < -0.3 is 14.6 Å². The van der Waals surface area contributed by atoms with Gasteiger partial charge in [0.25, 0.3) is 5.69 Å². The van der Waals surface area contributed by atoms with Crippen LogP contribution in [0.25, 0.3) is 0 Å². The van der Waals surface area contributed by atoms with Crippen LogP contribution in [0, 0.1) is 10.1 Å². The summed E-state index contributed by atoms with van der Waals surface area (Å²) in [5.41, 5.74) is 3.18. The van der Waals surface area contributed by atoms with Gasteiger partial charge in [0.1, 0.15) is 12.0 Å². The Balaban J connectivity index is 2.13. The lowest BCUT2D eigenvalue weighted by Gasteiger charge is -2.13. The molecule has 0 radical (unpaired) electrons. The summed E-state index contributed by atoms with van der Waals surface area (Å²) in [5, 5.41) is 23.4. The van der Waals surface area contributed by atoms with Gasteiger partial charge in [-0.3, -0.25) is 15.5 Å². The number of ether oxygens (including phenoxy) is 2. The van der Waals surface area contributed by atoms with Gasteiger partial charge in [-0.1, -0.05) is 0 Å². The highest BCUT2D eigenvalue weighted by atomic mass is 79.9. The molecule has 2 aromatic rings. The first kappa shape index (κ1) is 20.1. The maximum Gasteiger partial charge on any atom is 0.341 e. The van der Waals surface area contributed by atoms with E-state index in [9.17, 15) is 14.9 Å². The van der Waals surface area contributed by atoms with E-state index in [0.29, 0.717) is 28.2 Å². The zero-order valence-corrected chi connectivity index (χ0v) is 15.7. The number of anilines is 1. The van der Waals surface area contributed by atoms with Gasteiger partial charge in [0.15, 0.2) is 18.1 Å². The molecule has 1 aromatic heterocycles. The molecule has 142 valence electrons. The van der Waals surface area contributed by atoms with Gasteiger partial charge in [-0.15, -0.1) is 0 Å². The number of hydrogen-bond donors (Lipinski definition) is 2. The third kappa shape index (κ3) is 5.92. The van der Waals surface area contributed by atoms with Crippen molar-refractivity contribution in [3.05, 3.63) is 50.6 Å². The van der Waals surface area contributed by atoms with E-state index in [1.807, 2.05) is 0 Å². The Morgan fingerprint density at radius 3 is 2.81 bits per heavy atom. The molecule has 2 N–H and O–H groups in total. The Labute approximate surface area is 162 Å². The summed E-state index contributed by atoms with van der Waals surface area (Å²) in [6.07, 6.45) is 2.60. The van der Waals surface area contributed by atoms with Gasteiger partial charge in [-0.25, -0.2) is 9.78 Å². The van der Waals surface area contributed by atoms with Gasteiger partial charge in [0.2, 0.25) is 0 Å². The number of nitrogens with zero attached hydrogens (tertiary/aromatic N) is 3. The Kier molecular flexibility index (Phi) is 7.06. The van der Waals surface area contributed by atoms with Gasteiger partial charge >= 0.3 is 5.97 Å². The molecule has 0 fully saturated rings. The lowest BCUT2D eigenvalue weighted by molar-refractivity contribution is -0.385. The van der Waals surface area contributed by atoms with Crippen molar-refractivity contribution in [2.24, 2.45) is 5.10 Å². The Bertz CT molecular complexity index is 857. The number of carboxylic acid groups (broad SMARTS) is 1. The number of halogens is 1. The number of pyridine rings is 1. The molecule has 0 amide bonds. The highest BCUT2D eigenvalue weighted by molar-refractivity contribution is 9.10. The molecule has 0 saturated heterocycles.